The summed E-state index contributed by atoms with van der Waals surface area (Å²) in [6, 6.07) is 19.4. The van der Waals surface area contributed by atoms with E-state index >= 15 is 0 Å². The molecule has 3 aromatic rings. The standard InChI is InChI=1S/C23H25N5O/c1-17-24-21(16-22(25-17)26-18-8-4-2-5-9-18)23(29)27-19-10-12-20(13-11-19)28-14-6-3-7-15-28/h2,4-5,8-13,16H,3,6-7,14-15H2,1H3,(H,27,29)(H,24,25,26). The Morgan fingerprint density at radius 1 is 0.897 bits per heavy atom. The Morgan fingerprint density at radius 3 is 2.34 bits per heavy atom. The highest BCUT2D eigenvalue weighted by molar-refractivity contribution is 6.03. The van der Waals surface area contributed by atoms with Crippen molar-refractivity contribution >= 4 is 28.8 Å². The van der Waals surface area contributed by atoms with E-state index in [1.54, 1.807) is 13.0 Å². The SMILES string of the molecule is Cc1nc(Nc2ccccc2)cc(C(=O)Nc2ccc(N3CCCCC3)cc2)n1. The molecule has 2 aromatic carbocycles. The molecule has 0 spiro atoms. The average molecular weight is 387 g/mol. The number of aromatic nitrogens is 2. The number of carbonyl (C=O) groups is 1. The zero-order valence-corrected chi connectivity index (χ0v) is 16.6. The Morgan fingerprint density at radius 2 is 1.62 bits per heavy atom. The third kappa shape index (κ3) is 4.90. The van der Waals surface area contributed by atoms with Crippen molar-refractivity contribution in [1.82, 2.24) is 9.97 Å². The van der Waals surface area contributed by atoms with Gasteiger partial charge in [0.2, 0.25) is 0 Å². The molecule has 1 saturated heterocycles. The van der Waals surface area contributed by atoms with Gasteiger partial charge in [0.25, 0.3) is 5.91 Å². The van der Waals surface area contributed by atoms with Gasteiger partial charge in [-0.1, -0.05) is 18.2 Å². The summed E-state index contributed by atoms with van der Waals surface area (Å²) in [5, 5.41) is 6.14. The van der Waals surface area contributed by atoms with Crippen molar-refractivity contribution in [2.45, 2.75) is 26.2 Å². The number of nitrogens with zero attached hydrogens (tertiary/aromatic N) is 3. The number of rotatable bonds is 5. The van der Waals surface area contributed by atoms with E-state index in [0.29, 0.717) is 17.3 Å². The quantitative estimate of drug-likeness (QED) is 0.660. The summed E-state index contributed by atoms with van der Waals surface area (Å²) in [4.78, 5) is 23.8. The number of nitrogens with one attached hydrogen (secondary N) is 2. The van der Waals surface area contributed by atoms with Crippen LogP contribution in [0.4, 0.5) is 22.9 Å². The van der Waals surface area contributed by atoms with Crippen molar-refractivity contribution < 1.29 is 4.79 Å². The lowest BCUT2D eigenvalue weighted by Crippen LogP contribution is -2.29. The van der Waals surface area contributed by atoms with Gasteiger partial charge in [0.1, 0.15) is 17.3 Å². The molecule has 2 N–H and O–H groups in total. The summed E-state index contributed by atoms with van der Waals surface area (Å²) in [6.45, 7) is 3.98. The third-order valence-electron chi connectivity index (χ3n) is 4.96. The molecule has 0 saturated carbocycles. The van der Waals surface area contributed by atoms with Crippen molar-refractivity contribution in [2.24, 2.45) is 0 Å². The van der Waals surface area contributed by atoms with E-state index in [1.807, 2.05) is 42.5 Å². The van der Waals surface area contributed by atoms with Gasteiger partial charge in [-0.05, 0) is 62.6 Å². The fourth-order valence-electron chi connectivity index (χ4n) is 3.52. The summed E-state index contributed by atoms with van der Waals surface area (Å²) in [7, 11) is 0. The largest absolute Gasteiger partial charge is 0.372 e. The molecular formula is C23H25N5O. The molecule has 148 valence electrons. The maximum absolute atomic E-state index is 12.7. The van der Waals surface area contributed by atoms with Gasteiger partial charge >= 0.3 is 0 Å². The minimum absolute atomic E-state index is 0.252. The third-order valence-corrected chi connectivity index (χ3v) is 4.96. The van der Waals surface area contributed by atoms with Crippen LogP contribution in [0.15, 0.2) is 60.7 Å². The highest BCUT2D eigenvalue weighted by Crippen LogP contribution is 2.22. The molecule has 1 aliphatic rings. The van der Waals surface area contributed by atoms with Crippen LogP contribution in [0.2, 0.25) is 0 Å². The molecule has 4 rings (SSSR count). The van der Waals surface area contributed by atoms with Gasteiger partial charge in [-0.25, -0.2) is 9.97 Å². The van der Waals surface area contributed by atoms with Crippen molar-refractivity contribution in [3.63, 3.8) is 0 Å². The predicted octanol–water partition coefficient (Wildman–Crippen LogP) is 4.77. The summed E-state index contributed by atoms with van der Waals surface area (Å²) in [6.07, 6.45) is 3.79. The molecule has 0 atom stereocenters. The van der Waals surface area contributed by atoms with Crippen LogP contribution in [0, 0.1) is 6.92 Å². The monoisotopic (exact) mass is 387 g/mol. The molecule has 2 heterocycles. The maximum atomic E-state index is 12.7. The first-order valence-corrected chi connectivity index (χ1v) is 10.0. The highest BCUT2D eigenvalue weighted by atomic mass is 16.1. The summed E-state index contributed by atoms with van der Waals surface area (Å²) in [5.74, 6) is 0.878. The van der Waals surface area contributed by atoms with E-state index in [4.69, 9.17) is 0 Å². The van der Waals surface area contributed by atoms with E-state index in [9.17, 15) is 4.79 Å². The minimum atomic E-state index is -0.252. The van der Waals surface area contributed by atoms with Crippen molar-refractivity contribution in [3.05, 3.63) is 72.2 Å². The molecule has 1 fully saturated rings. The number of piperidine rings is 1. The first-order chi connectivity index (χ1) is 14.2. The van der Waals surface area contributed by atoms with E-state index in [1.165, 1.54) is 24.9 Å². The Kier molecular flexibility index (Phi) is 5.70. The van der Waals surface area contributed by atoms with Crippen LogP contribution in [-0.2, 0) is 0 Å². The molecule has 1 amide bonds. The van der Waals surface area contributed by atoms with Crippen LogP contribution in [0.5, 0.6) is 0 Å². The molecule has 0 radical (unpaired) electrons. The van der Waals surface area contributed by atoms with Crippen molar-refractivity contribution in [1.29, 1.82) is 0 Å². The lowest BCUT2D eigenvalue weighted by atomic mass is 10.1. The van der Waals surface area contributed by atoms with E-state index in [0.717, 1.165) is 24.5 Å². The van der Waals surface area contributed by atoms with E-state index < -0.39 is 0 Å². The molecular weight excluding hydrogens is 362 g/mol. The first-order valence-electron chi connectivity index (χ1n) is 10.0. The lowest BCUT2D eigenvalue weighted by molar-refractivity contribution is 0.102. The number of benzene rings is 2. The first kappa shape index (κ1) is 18.9. The van der Waals surface area contributed by atoms with E-state index in [-0.39, 0.29) is 5.91 Å². The smallest absolute Gasteiger partial charge is 0.274 e. The van der Waals surface area contributed by atoms with Crippen LogP contribution in [0.3, 0.4) is 0 Å². The summed E-state index contributed by atoms with van der Waals surface area (Å²) in [5.41, 5.74) is 3.20. The second kappa shape index (κ2) is 8.73. The average Bonchev–Trinajstić information content (AvgIpc) is 2.75. The number of para-hydroxylation sites is 1. The molecule has 1 aliphatic heterocycles. The molecule has 6 heteroatoms. The second-order valence-electron chi connectivity index (χ2n) is 7.23. The molecule has 0 bridgehead atoms. The maximum Gasteiger partial charge on any atom is 0.274 e. The zero-order chi connectivity index (χ0) is 20.1. The summed E-state index contributed by atoms with van der Waals surface area (Å²) >= 11 is 0. The van der Waals surface area contributed by atoms with Crippen molar-refractivity contribution in [2.75, 3.05) is 28.6 Å². The summed E-state index contributed by atoms with van der Waals surface area (Å²) < 4.78 is 0. The molecule has 1 aromatic heterocycles. The van der Waals surface area contributed by atoms with Gasteiger partial charge in [-0.2, -0.15) is 0 Å². The fourth-order valence-corrected chi connectivity index (χ4v) is 3.52. The fraction of sp³-hybridized carbons (Fsp3) is 0.261. The Labute approximate surface area is 171 Å². The van der Waals surface area contributed by atoms with E-state index in [2.05, 4.69) is 37.6 Å². The number of amides is 1. The second-order valence-corrected chi connectivity index (χ2v) is 7.23. The van der Waals surface area contributed by atoms with Crippen LogP contribution in [0.1, 0.15) is 35.6 Å². The molecule has 0 unspecified atom stereocenters. The topological polar surface area (TPSA) is 70.2 Å². The van der Waals surface area contributed by atoms with Gasteiger partial charge in [-0.15, -0.1) is 0 Å². The van der Waals surface area contributed by atoms with Gasteiger partial charge in [0.15, 0.2) is 0 Å². The van der Waals surface area contributed by atoms with Gasteiger partial charge in [0.05, 0.1) is 0 Å². The predicted molar refractivity (Wildman–Crippen MR) is 117 cm³/mol. The van der Waals surface area contributed by atoms with Crippen LogP contribution < -0.4 is 15.5 Å². The lowest BCUT2D eigenvalue weighted by Gasteiger charge is -2.28. The number of aryl methyl sites for hydroxylation is 1. The van der Waals surface area contributed by atoms with Gasteiger partial charge in [0, 0.05) is 36.2 Å². The van der Waals surface area contributed by atoms with Gasteiger partial charge < -0.3 is 15.5 Å². The zero-order valence-electron chi connectivity index (χ0n) is 16.6. The highest BCUT2D eigenvalue weighted by Gasteiger charge is 2.13. The Hall–Kier alpha value is -3.41. The molecule has 0 aliphatic carbocycles. The molecule has 6 nitrogen and oxygen atoms in total. The van der Waals surface area contributed by atoms with Gasteiger partial charge in [-0.3, -0.25) is 4.79 Å². The Balaban J connectivity index is 1.45. The van der Waals surface area contributed by atoms with Crippen LogP contribution in [-0.4, -0.2) is 29.0 Å². The number of hydrogen-bond donors (Lipinski definition) is 2. The number of hydrogen-bond acceptors (Lipinski definition) is 5. The minimum Gasteiger partial charge on any atom is -0.372 e. The Bertz CT molecular complexity index is 966. The molecule has 29 heavy (non-hydrogen) atoms. The number of carbonyl (C=O) groups excluding carboxylic acids is 1. The van der Waals surface area contributed by atoms with Crippen molar-refractivity contribution in [3.8, 4) is 0 Å². The van der Waals surface area contributed by atoms with Crippen LogP contribution in [0.25, 0.3) is 0 Å². The van der Waals surface area contributed by atoms with Crippen LogP contribution >= 0.6 is 0 Å². The normalized spacial score (nSPS) is 13.8. The number of anilines is 4.